The Morgan fingerprint density at radius 3 is 2.47 bits per heavy atom. The molecule has 1 aromatic heterocycles. The Bertz CT molecular complexity index is 1220. The van der Waals surface area contributed by atoms with Crippen LogP contribution in [-0.4, -0.2) is 53.8 Å². The van der Waals surface area contributed by atoms with E-state index in [2.05, 4.69) is 4.98 Å². The van der Waals surface area contributed by atoms with Gasteiger partial charge < -0.3 is 19.3 Å². The van der Waals surface area contributed by atoms with Gasteiger partial charge in [-0.15, -0.1) is 0 Å². The molecule has 32 heavy (non-hydrogen) atoms. The van der Waals surface area contributed by atoms with Gasteiger partial charge >= 0.3 is 5.69 Å². The van der Waals surface area contributed by atoms with Crippen molar-refractivity contribution in [2.75, 3.05) is 6.61 Å². The number of aromatic amines is 1. The lowest BCUT2D eigenvalue weighted by atomic mass is 10.1. The quantitative estimate of drug-likeness (QED) is 0.566. The first-order valence-corrected chi connectivity index (χ1v) is 11.3. The minimum atomic E-state index is -4.05. The van der Waals surface area contributed by atoms with Gasteiger partial charge in [-0.2, -0.15) is 8.42 Å². The summed E-state index contributed by atoms with van der Waals surface area (Å²) in [6.07, 6.45) is -2.25. The van der Waals surface area contributed by atoms with Crippen LogP contribution < -0.4 is 11.2 Å². The molecule has 3 heterocycles. The summed E-state index contributed by atoms with van der Waals surface area (Å²) >= 11 is 0. The highest BCUT2D eigenvalue weighted by Crippen LogP contribution is 2.42. The smallest absolute Gasteiger partial charge is 0.330 e. The van der Waals surface area contributed by atoms with Gasteiger partial charge in [0.25, 0.3) is 15.7 Å². The van der Waals surface area contributed by atoms with Gasteiger partial charge in [0.15, 0.2) is 12.0 Å². The number of aromatic nitrogens is 2. The molecular formula is C20H24N2O9S. The zero-order valence-corrected chi connectivity index (χ0v) is 18.5. The molecule has 1 aromatic carbocycles. The summed E-state index contributed by atoms with van der Waals surface area (Å²) in [4.78, 5) is 26.3. The number of benzene rings is 1. The van der Waals surface area contributed by atoms with E-state index in [0.29, 0.717) is 0 Å². The summed E-state index contributed by atoms with van der Waals surface area (Å²) in [7, 11) is -4.05. The van der Waals surface area contributed by atoms with E-state index in [1.54, 1.807) is 26.0 Å². The molecule has 11 nitrogen and oxygen atoms in total. The van der Waals surface area contributed by atoms with Crippen molar-refractivity contribution in [3.63, 3.8) is 0 Å². The summed E-state index contributed by atoms with van der Waals surface area (Å²) < 4.78 is 49.1. The van der Waals surface area contributed by atoms with E-state index in [-0.39, 0.29) is 17.1 Å². The first kappa shape index (κ1) is 22.8. The Labute approximate surface area is 183 Å². The molecule has 0 amide bonds. The summed E-state index contributed by atoms with van der Waals surface area (Å²) in [5.74, 6) is -1.02. The van der Waals surface area contributed by atoms with E-state index in [1.807, 2.05) is 6.92 Å². The molecule has 2 aliphatic heterocycles. The number of aryl methyl sites for hydroxylation is 1. The van der Waals surface area contributed by atoms with Crippen molar-refractivity contribution in [3.8, 4) is 0 Å². The number of hydrogen-bond donors (Lipinski definition) is 2. The van der Waals surface area contributed by atoms with Gasteiger partial charge in [0.05, 0.1) is 23.7 Å². The molecule has 12 heteroatoms. The molecule has 4 rings (SSSR count). The zero-order chi connectivity index (χ0) is 23.3. The van der Waals surface area contributed by atoms with Crippen molar-refractivity contribution >= 4 is 10.1 Å². The second kappa shape index (κ2) is 8.21. The molecule has 0 bridgehead atoms. The molecule has 2 aromatic rings. The van der Waals surface area contributed by atoms with Crippen LogP contribution in [0.5, 0.6) is 0 Å². The SMILES string of the molecule is Cc1ccc(S(=O)(=O)OC[C@H]2O[C@@H](n3cc(CO)c(=O)[nH]c3=O)[C@@H]3OC(C)(C)O[C@@H]32)cc1. The van der Waals surface area contributed by atoms with E-state index in [9.17, 15) is 23.1 Å². The Balaban J connectivity index is 1.60. The molecule has 2 fully saturated rings. The third kappa shape index (κ3) is 4.29. The van der Waals surface area contributed by atoms with E-state index >= 15 is 0 Å². The molecule has 0 aliphatic carbocycles. The lowest BCUT2D eigenvalue weighted by Crippen LogP contribution is -2.38. The number of nitrogens with zero attached hydrogens (tertiary/aromatic N) is 1. The highest BCUT2D eigenvalue weighted by molar-refractivity contribution is 7.86. The van der Waals surface area contributed by atoms with Crippen LogP contribution >= 0.6 is 0 Å². The molecule has 0 radical (unpaired) electrons. The first-order valence-electron chi connectivity index (χ1n) is 9.93. The molecule has 2 N–H and O–H groups in total. The molecule has 2 aliphatic rings. The van der Waals surface area contributed by atoms with Crippen molar-refractivity contribution in [1.29, 1.82) is 0 Å². The number of ether oxygens (including phenoxy) is 3. The van der Waals surface area contributed by atoms with Gasteiger partial charge in [0.2, 0.25) is 0 Å². The van der Waals surface area contributed by atoms with Gasteiger partial charge in [0, 0.05) is 6.20 Å². The maximum Gasteiger partial charge on any atom is 0.330 e. The number of rotatable bonds is 6. The number of H-pyrrole nitrogens is 1. The van der Waals surface area contributed by atoms with E-state index in [1.165, 1.54) is 18.3 Å². The van der Waals surface area contributed by atoms with Gasteiger partial charge in [-0.05, 0) is 32.9 Å². The number of aliphatic hydroxyl groups is 1. The largest absolute Gasteiger partial charge is 0.391 e. The maximum atomic E-state index is 12.6. The molecule has 2 saturated heterocycles. The summed E-state index contributed by atoms with van der Waals surface area (Å²) in [6, 6.07) is 6.21. The number of nitrogens with one attached hydrogen (secondary N) is 1. The van der Waals surface area contributed by atoms with Crippen LogP contribution in [0.25, 0.3) is 0 Å². The average molecular weight is 468 g/mol. The molecule has 0 spiro atoms. The third-order valence-corrected chi connectivity index (χ3v) is 6.60. The van der Waals surface area contributed by atoms with Gasteiger partial charge in [0.1, 0.15) is 18.3 Å². The fourth-order valence-corrected chi connectivity index (χ4v) is 4.69. The Kier molecular flexibility index (Phi) is 5.86. The summed E-state index contributed by atoms with van der Waals surface area (Å²) in [6.45, 7) is 4.24. The Morgan fingerprint density at radius 1 is 1.16 bits per heavy atom. The lowest BCUT2D eigenvalue weighted by Gasteiger charge is -2.25. The van der Waals surface area contributed by atoms with Crippen LogP contribution in [0.2, 0.25) is 0 Å². The second-order valence-corrected chi connectivity index (χ2v) is 9.78. The van der Waals surface area contributed by atoms with Crippen molar-refractivity contribution < 1.29 is 31.9 Å². The normalized spacial score (nSPS) is 26.9. The molecule has 0 saturated carbocycles. The monoisotopic (exact) mass is 468 g/mol. The predicted octanol–water partition coefficient (Wildman–Crippen LogP) is 0.160. The van der Waals surface area contributed by atoms with Crippen LogP contribution in [0.1, 0.15) is 31.2 Å². The van der Waals surface area contributed by atoms with Gasteiger partial charge in [-0.3, -0.25) is 18.5 Å². The first-order chi connectivity index (χ1) is 15.0. The topological polar surface area (TPSA) is 146 Å². The summed E-state index contributed by atoms with van der Waals surface area (Å²) in [5.41, 5.74) is -0.611. The van der Waals surface area contributed by atoms with E-state index in [4.69, 9.17) is 18.4 Å². The number of fused-ring (bicyclic) bond motifs is 1. The second-order valence-electron chi connectivity index (χ2n) is 8.16. The van der Waals surface area contributed by atoms with Crippen LogP contribution in [-0.2, 0) is 35.1 Å². The predicted molar refractivity (Wildman–Crippen MR) is 109 cm³/mol. The van der Waals surface area contributed by atoms with Crippen molar-refractivity contribution in [1.82, 2.24) is 9.55 Å². The van der Waals surface area contributed by atoms with Crippen LogP contribution in [0.4, 0.5) is 0 Å². The van der Waals surface area contributed by atoms with Crippen LogP contribution in [0.3, 0.4) is 0 Å². The molecule has 4 atom stereocenters. The standard InChI is InChI=1S/C20H24N2O9S/c1-11-4-6-13(7-5-11)32(26,27)28-10-14-15-16(31-20(2,3)30-15)18(29-14)22-8-12(9-23)17(24)21-19(22)25/h4-8,14-16,18,23H,9-10H2,1-3H3,(H,21,24,25)/t14-,15-,16-,18-/m1/s1. The number of aliphatic hydroxyl groups excluding tert-OH is 1. The molecular weight excluding hydrogens is 444 g/mol. The minimum Gasteiger partial charge on any atom is -0.391 e. The highest BCUT2D eigenvalue weighted by atomic mass is 32.2. The summed E-state index contributed by atoms with van der Waals surface area (Å²) in [5, 5.41) is 9.38. The van der Waals surface area contributed by atoms with Crippen LogP contribution in [0.15, 0.2) is 44.9 Å². The molecule has 0 unspecified atom stereocenters. The van der Waals surface area contributed by atoms with Crippen molar-refractivity contribution in [2.45, 2.75) is 62.6 Å². The Morgan fingerprint density at radius 2 is 1.81 bits per heavy atom. The van der Waals surface area contributed by atoms with Crippen LogP contribution in [0, 0.1) is 6.92 Å². The van der Waals surface area contributed by atoms with Crippen molar-refractivity contribution in [3.05, 3.63) is 62.4 Å². The van der Waals surface area contributed by atoms with E-state index in [0.717, 1.165) is 10.1 Å². The maximum absolute atomic E-state index is 12.6. The van der Waals surface area contributed by atoms with Gasteiger partial charge in [-0.25, -0.2) is 4.79 Å². The highest BCUT2D eigenvalue weighted by Gasteiger charge is 2.56. The molecule has 174 valence electrons. The third-order valence-electron chi connectivity index (χ3n) is 5.31. The van der Waals surface area contributed by atoms with Gasteiger partial charge in [-0.1, -0.05) is 17.7 Å². The fraction of sp³-hybridized carbons (Fsp3) is 0.500. The minimum absolute atomic E-state index is 0.00237. The Hall–Kier alpha value is -2.35. The number of hydrogen-bond acceptors (Lipinski definition) is 9. The fourth-order valence-electron chi connectivity index (χ4n) is 3.78. The zero-order valence-electron chi connectivity index (χ0n) is 17.7. The van der Waals surface area contributed by atoms with E-state index < -0.39 is 58.3 Å². The van der Waals surface area contributed by atoms with Crippen molar-refractivity contribution in [2.24, 2.45) is 0 Å². The lowest BCUT2D eigenvalue weighted by molar-refractivity contribution is -0.199. The average Bonchev–Trinajstić information content (AvgIpc) is 3.20.